The van der Waals surface area contributed by atoms with Crippen LogP contribution >= 0.6 is 34.9 Å². The van der Waals surface area contributed by atoms with E-state index in [0.29, 0.717) is 11.3 Å². The van der Waals surface area contributed by atoms with Gasteiger partial charge in [0, 0.05) is 40.7 Å². The van der Waals surface area contributed by atoms with Crippen LogP contribution in [0.4, 0.5) is 10.5 Å². The van der Waals surface area contributed by atoms with Gasteiger partial charge in [-0.2, -0.15) is 0 Å². The van der Waals surface area contributed by atoms with Gasteiger partial charge in [0.2, 0.25) is 0 Å². The van der Waals surface area contributed by atoms with E-state index in [4.69, 9.17) is 0 Å². The lowest BCUT2D eigenvalue weighted by Crippen LogP contribution is -2.16. The molecule has 0 atom stereocenters. The van der Waals surface area contributed by atoms with Crippen molar-refractivity contribution in [2.75, 3.05) is 19.4 Å². The first-order chi connectivity index (χ1) is 13.9. The third kappa shape index (κ3) is 6.09. The third-order valence-corrected chi connectivity index (χ3v) is 6.83. The van der Waals surface area contributed by atoms with Crippen molar-refractivity contribution in [3.63, 3.8) is 0 Å². The number of carbonyl (C=O) groups excluding carboxylic acids is 2. The maximum Gasteiger partial charge on any atom is 0.285 e. The summed E-state index contributed by atoms with van der Waals surface area (Å²) >= 11 is 4.38. The second-order valence-electron chi connectivity index (χ2n) is 6.38. The largest absolute Gasteiger partial charge is 0.339 e. The molecule has 5 nitrogen and oxygen atoms in total. The zero-order valence-electron chi connectivity index (χ0n) is 16.3. The van der Waals surface area contributed by atoms with E-state index < -0.39 is 0 Å². The summed E-state index contributed by atoms with van der Waals surface area (Å²) < 4.78 is 0. The highest BCUT2D eigenvalue weighted by Gasteiger charge is 2.13. The van der Waals surface area contributed by atoms with E-state index in [9.17, 15) is 9.59 Å². The maximum atomic E-state index is 12.8. The number of nitrogens with zero attached hydrogens (tertiary/aromatic N) is 2. The van der Waals surface area contributed by atoms with E-state index in [0.717, 1.165) is 38.0 Å². The Morgan fingerprint density at radius 1 is 1.10 bits per heavy atom. The van der Waals surface area contributed by atoms with E-state index in [1.807, 2.05) is 48.7 Å². The number of benzene rings is 2. The first-order valence-corrected chi connectivity index (χ1v) is 11.5. The predicted octanol–water partition coefficient (Wildman–Crippen LogP) is 5.77. The Bertz CT molecular complexity index is 1000. The smallest absolute Gasteiger partial charge is 0.285 e. The first kappa shape index (κ1) is 21.4. The summed E-state index contributed by atoms with van der Waals surface area (Å²) in [6.07, 6.45) is 0. The van der Waals surface area contributed by atoms with Gasteiger partial charge in [-0.3, -0.25) is 9.59 Å². The number of nitrogens with one attached hydrogen (secondary N) is 1. The van der Waals surface area contributed by atoms with Crippen LogP contribution in [0.5, 0.6) is 0 Å². The van der Waals surface area contributed by atoms with Gasteiger partial charge in [-0.25, -0.2) is 4.98 Å². The molecule has 3 aromatic rings. The number of hydrogen-bond donors (Lipinski definition) is 1. The molecule has 0 radical (unpaired) electrons. The standard InChI is InChI=1S/C21H21N3O2S3/c1-14-22-16(12-27-14)13-28-19-7-5-4-6-18(19)20(25)23-15-8-10-17(11-9-15)29-21(26)24(2)3/h4-12H,13H2,1-3H3,(H,23,25). The van der Waals surface area contributed by atoms with Gasteiger partial charge >= 0.3 is 0 Å². The number of aryl methyl sites for hydroxylation is 1. The normalized spacial score (nSPS) is 10.6. The fourth-order valence-corrected chi connectivity index (χ4v) is 4.72. The zero-order valence-corrected chi connectivity index (χ0v) is 18.8. The molecule has 0 saturated heterocycles. The topological polar surface area (TPSA) is 62.3 Å². The number of anilines is 1. The van der Waals surface area contributed by atoms with Gasteiger partial charge < -0.3 is 10.2 Å². The number of aromatic nitrogens is 1. The summed E-state index contributed by atoms with van der Waals surface area (Å²) in [7, 11) is 3.43. The van der Waals surface area contributed by atoms with Crippen molar-refractivity contribution in [2.45, 2.75) is 22.5 Å². The molecule has 1 N–H and O–H groups in total. The SMILES string of the molecule is Cc1nc(CSc2ccccc2C(=O)Nc2ccc(SC(=O)N(C)C)cc2)cs1. The fraction of sp³-hybridized carbons (Fsp3) is 0.190. The quantitative estimate of drug-likeness (QED) is 0.490. The molecule has 29 heavy (non-hydrogen) atoms. The van der Waals surface area contributed by atoms with Crippen LogP contribution in [0.25, 0.3) is 0 Å². The van der Waals surface area contributed by atoms with Crippen molar-refractivity contribution < 1.29 is 9.59 Å². The molecule has 2 amide bonds. The highest BCUT2D eigenvalue weighted by atomic mass is 32.2. The summed E-state index contributed by atoms with van der Waals surface area (Å²) in [4.78, 5) is 32.3. The van der Waals surface area contributed by atoms with Crippen molar-refractivity contribution in [3.8, 4) is 0 Å². The molecule has 0 aliphatic carbocycles. The van der Waals surface area contributed by atoms with Crippen molar-refractivity contribution in [1.82, 2.24) is 9.88 Å². The Morgan fingerprint density at radius 3 is 2.48 bits per heavy atom. The van der Waals surface area contributed by atoms with Crippen LogP contribution in [0.15, 0.2) is 63.7 Å². The van der Waals surface area contributed by atoms with Crippen molar-refractivity contribution in [1.29, 1.82) is 0 Å². The van der Waals surface area contributed by atoms with Crippen LogP contribution in [0.1, 0.15) is 21.1 Å². The van der Waals surface area contributed by atoms with E-state index in [1.54, 1.807) is 49.3 Å². The number of hydrogen-bond acceptors (Lipinski definition) is 6. The molecule has 1 heterocycles. The molecule has 0 aliphatic rings. The summed E-state index contributed by atoms with van der Waals surface area (Å²) in [6, 6.07) is 14.8. The molecule has 0 saturated carbocycles. The van der Waals surface area contributed by atoms with Crippen LogP contribution in [0.3, 0.4) is 0 Å². The van der Waals surface area contributed by atoms with Crippen molar-refractivity contribution in [2.24, 2.45) is 0 Å². The molecule has 2 aromatic carbocycles. The molecule has 0 fully saturated rings. The minimum atomic E-state index is -0.160. The Labute approximate surface area is 182 Å². The average Bonchev–Trinajstić information content (AvgIpc) is 3.13. The van der Waals surface area contributed by atoms with Crippen LogP contribution in [0.2, 0.25) is 0 Å². The summed E-state index contributed by atoms with van der Waals surface area (Å²) in [5.41, 5.74) is 2.34. The molecule has 3 rings (SSSR count). The van der Waals surface area contributed by atoms with Gasteiger partial charge in [0.05, 0.1) is 16.3 Å². The maximum absolute atomic E-state index is 12.8. The van der Waals surface area contributed by atoms with E-state index in [2.05, 4.69) is 10.3 Å². The van der Waals surface area contributed by atoms with E-state index in [-0.39, 0.29) is 11.1 Å². The van der Waals surface area contributed by atoms with Crippen LogP contribution in [0, 0.1) is 6.92 Å². The number of thiazole rings is 1. The Kier molecular flexibility index (Phi) is 7.35. The number of thioether (sulfide) groups is 2. The van der Waals surface area contributed by atoms with Crippen LogP contribution < -0.4 is 5.32 Å². The van der Waals surface area contributed by atoms with Crippen molar-refractivity contribution in [3.05, 3.63) is 70.2 Å². The van der Waals surface area contributed by atoms with Crippen LogP contribution in [-0.2, 0) is 5.75 Å². The summed E-state index contributed by atoms with van der Waals surface area (Å²) in [5.74, 6) is 0.563. The number of amides is 2. The molecular formula is C21H21N3O2S3. The minimum absolute atomic E-state index is 0.0388. The Morgan fingerprint density at radius 2 is 1.83 bits per heavy atom. The second kappa shape index (κ2) is 9.96. The molecule has 0 aliphatic heterocycles. The molecule has 0 unspecified atom stereocenters. The van der Waals surface area contributed by atoms with Gasteiger partial charge in [-0.05, 0) is 55.1 Å². The number of rotatable bonds is 6. The Hall–Kier alpha value is -2.29. The molecule has 0 bridgehead atoms. The Balaban J connectivity index is 1.65. The minimum Gasteiger partial charge on any atom is -0.339 e. The molecule has 1 aromatic heterocycles. The highest BCUT2D eigenvalue weighted by molar-refractivity contribution is 8.13. The average molecular weight is 444 g/mol. The lowest BCUT2D eigenvalue weighted by molar-refractivity contribution is 0.102. The molecule has 8 heteroatoms. The van der Waals surface area contributed by atoms with E-state index >= 15 is 0 Å². The van der Waals surface area contributed by atoms with E-state index in [1.165, 1.54) is 4.90 Å². The monoisotopic (exact) mass is 443 g/mol. The summed E-state index contributed by atoms with van der Waals surface area (Å²) in [5, 5.41) is 5.98. The van der Waals surface area contributed by atoms with Gasteiger partial charge in [0.15, 0.2) is 0 Å². The lowest BCUT2D eigenvalue weighted by Gasteiger charge is -2.11. The third-order valence-electron chi connectivity index (χ3n) is 3.86. The zero-order chi connectivity index (χ0) is 20.8. The number of carbonyl (C=O) groups is 2. The van der Waals surface area contributed by atoms with Gasteiger partial charge in [-0.15, -0.1) is 23.1 Å². The lowest BCUT2D eigenvalue weighted by atomic mass is 10.2. The van der Waals surface area contributed by atoms with Gasteiger partial charge in [-0.1, -0.05) is 12.1 Å². The fourth-order valence-electron chi connectivity index (χ4n) is 2.40. The summed E-state index contributed by atoms with van der Waals surface area (Å²) in [6.45, 7) is 1.99. The van der Waals surface area contributed by atoms with Crippen LogP contribution in [-0.4, -0.2) is 35.1 Å². The van der Waals surface area contributed by atoms with Crippen molar-refractivity contribution >= 4 is 51.7 Å². The molecular weight excluding hydrogens is 422 g/mol. The second-order valence-corrected chi connectivity index (χ2v) is 9.49. The predicted molar refractivity (Wildman–Crippen MR) is 122 cm³/mol. The first-order valence-electron chi connectivity index (χ1n) is 8.86. The molecule has 150 valence electrons. The van der Waals surface area contributed by atoms with Gasteiger partial charge in [0.1, 0.15) is 0 Å². The highest BCUT2D eigenvalue weighted by Crippen LogP contribution is 2.28. The van der Waals surface area contributed by atoms with Gasteiger partial charge in [0.25, 0.3) is 11.1 Å². The molecule has 0 spiro atoms.